The van der Waals surface area contributed by atoms with Crippen molar-refractivity contribution in [1.82, 2.24) is 5.16 Å². The maximum absolute atomic E-state index is 5.59. The first-order valence-electron chi connectivity index (χ1n) is 3.89. The van der Waals surface area contributed by atoms with Gasteiger partial charge in [0, 0.05) is 0 Å². The molecule has 1 aromatic rings. The molecule has 0 fully saturated rings. The molecule has 3 heteroatoms. The Hall–Kier alpha value is -1.51. The van der Waals surface area contributed by atoms with E-state index in [1.807, 2.05) is 18.2 Å². The zero-order chi connectivity index (χ0) is 8.55. The lowest BCUT2D eigenvalue weighted by Crippen LogP contribution is -1.86. The Bertz CT molecular complexity index is 349. The molecule has 0 radical (unpaired) electrons. The van der Waals surface area contributed by atoms with Crippen LogP contribution in [-0.2, 0) is 0 Å². The van der Waals surface area contributed by atoms with Crippen molar-refractivity contribution in [2.75, 3.05) is 5.73 Å². The summed E-state index contributed by atoms with van der Waals surface area (Å²) in [5.74, 6) is 1.63. The average molecular weight is 162 g/mol. The fourth-order valence-corrected chi connectivity index (χ4v) is 1.16. The third kappa shape index (κ3) is 1.03. The maximum Gasteiger partial charge on any atom is 0.174 e. The van der Waals surface area contributed by atoms with Gasteiger partial charge in [-0.15, -0.1) is 0 Å². The van der Waals surface area contributed by atoms with E-state index in [0.29, 0.717) is 11.7 Å². The number of aromatic nitrogens is 1. The first-order chi connectivity index (χ1) is 5.77. The van der Waals surface area contributed by atoms with Crippen molar-refractivity contribution >= 4 is 18.0 Å². The van der Waals surface area contributed by atoms with E-state index in [1.54, 1.807) is 0 Å². The molecule has 12 heavy (non-hydrogen) atoms. The molecule has 0 bridgehead atoms. The van der Waals surface area contributed by atoms with Crippen molar-refractivity contribution in [3.05, 3.63) is 23.5 Å². The highest BCUT2D eigenvalue weighted by Gasteiger charge is 2.10. The van der Waals surface area contributed by atoms with Gasteiger partial charge in [0.25, 0.3) is 0 Å². The van der Waals surface area contributed by atoms with Crippen LogP contribution >= 0.6 is 0 Å². The van der Waals surface area contributed by atoms with Gasteiger partial charge in [-0.1, -0.05) is 30.3 Å². The summed E-state index contributed by atoms with van der Waals surface area (Å²) >= 11 is 0. The molecule has 1 atom stereocenters. The quantitative estimate of drug-likeness (QED) is 0.634. The molecule has 2 rings (SSSR count). The Kier molecular flexibility index (Phi) is 1.50. The standard InChI is InChI=1S/C9H10N2O/c1-6-2-4-7-8(5-3-6)12-11-9(7)10/h2-6H,1H3,(H2,10,11). The van der Waals surface area contributed by atoms with E-state index < -0.39 is 0 Å². The van der Waals surface area contributed by atoms with Crippen LogP contribution in [0.25, 0.3) is 12.2 Å². The Morgan fingerprint density at radius 1 is 1.42 bits per heavy atom. The number of nitrogens with zero attached hydrogens (tertiary/aromatic N) is 1. The van der Waals surface area contributed by atoms with E-state index >= 15 is 0 Å². The monoisotopic (exact) mass is 162 g/mol. The fourth-order valence-electron chi connectivity index (χ4n) is 1.16. The Morgan fingerprint density at radius 3 is 3.00 bits per heavy atom. The summed E-state index contributed by atoms with van der Waals surface area (Å²) in [6.07, 6.45) is 7.97. The van der Waals surface area contributed by atoms with Crippen molar-refractivity contribution in [3.8, 4) is 0 Å². The van der Waals surface area contributed by atoms with E-state index in [1.165, 1.54) is 0 Å². The Labute approximate surface area is 70.5 Å². The van der Waals surface area contributed by atoms with Gasteiger partial charge in [0.1, 0.15) is 0 Å². The van der Waals surface area contributed by atoms with Crippen molar-refractivity contribution in [2.24, 2.45) is 5.92 Å². The molecule has 0 amide bonds. The van der Waals surface area contributed by atoms with Gasteiger partial charge in [-0.3, -0.25) is 0 Å². The van der Waals surface area contributed by atoms with Crippen molar-refractivity contribution in [3.63, 3.8) is 0 Å². The van der Waals surface area contributed by atoms with Gasteiger partial charge < -0.3 is 10.3 Å². The lowest BCUT2D eigenvalue weighted by Gasteiger charge is -1.91. The molecule has 0 aliphatic heterocycles. The van der Waals surface area contributed by atoms with Crippen molar-refractivity contribution in [1.29, 1.82) is 0 Å². The van der Waals surface area contributed by atoms with Crippen LogP contribution in [0.4, 0.5) is 5.82 Å². The fraction of sp³-hybridized carbons (Fsp3) is 0.222. The SMILES string of the molecule is CC1C=Cc2onc(N)c2C=C1. The van der Waals surface area contributed by atoms with Crippen LogP contribution in [0.15, 0.2) is 16.7 Å². The van der Waals surface area contributed by atoms with Crippen LogP contribution in [0.3, 0.4) is 0 Å². The predicted octanol–water partition coefficient (Wildman–Crippen LogP) is 1.93. The largest absolute Gasteiger partial charge is 0.380 e. The van der Waals surface area contributed by atoms with Gasteiger partial charge in [0.2, 0.25) is 0 Å². The van der Waals surface area contributed by atoms with Crippen molar-refractivity contribution in [2.45, 2.75) is 6.92 Å². The number of hydrogen-bond donors (Lipinski definition) is 1. The molecular weight excluding hydrogens is 152 g/mol. The molecule has 1 aromatic heterocycles. The molecule has 1 aliphatic rings. The van der Waals surface area contributed by atoms with Crippen LogP contribution in [0.5, 0.6) is 0 Å². The average Bonchev–Trinajstić information content (AvgIpc) is 2.28. The normalized spacial score (nSPS) is 20.6. The molecule has 0 spiro atoms. The third-order valence-corrected chi connectivity index (χ3v) is 1.90. The van der Waals surface area contributed by atoms with Gasteiger partial charge in [-0.05, 0) is 12.0 Å². The molecule has 62 valence electrons. The van der Waals surface area contributed by atoms with E-state index in [2.05, 4.69) is 18.2 Å². The second-order valence-electron chi connectivity index (χ2n) is 2.92. The lowest BCUT2D eigenvalue weighted by atomic mass is 10.1. The van der Waals surface area contributed by atoms with Gasteiger partial charge in [-0.2, -0.15) is 0 Å². The number of fused-ring (bicyclic) bond motifs is 1. The molecule has 0 saturated carbocycles. The van der Waals surface area contributed by atoms with Gasteiger partial charge in [0.05, 0.1) is 5.56 Å². The Balaban J connectivity index is 2.54. The molecule has 3 nitrogen and oxygen atoms in total. The first-order valence-corrected chi connectivity index (χ1v) is 3.89. The van der Waals surface area contributed by atoms with E-state index in [0.717, 1.165) is 11.3 Å². The highest BCUT2D eigenvalue weighted by molar-refractivity contribution is 5.71. The van der Waals surface area contributed by atoms with E-state index in [4.69, 9.17) is 10.3 Å². The summed E-state index contributed by atoms with van der Waals surface area (Å²) in [7, 11) is 0. The highest BCUT2D eigenvalue weighted by atomic mass is 16.5. The number of rotatable bonds is 0. The van der Waals surface area contributed by atoms with E-state index in [9.17, 15) is 0 Å². The van der Waals surface area contributed by atoms with Crippen LogP contribution in [0.1, 0.15) is 18.2 Å². The minimum atomic E-state index is 0.423. The lowest BCUT2D eigenvalue weighted by molar-refractivity contribution is 0.415. The second-order valence-corrected chi connectivity index (χ2v) is 2.92. The molecule has 2 N–H and O–H groups in total. The number of nitrogens with two attached hydrogens (primary N) is 1. The predicted molar refractivity (Wildman–Crippen MR) is 48.1 cm³/mol. The first kappa shape index (κ1) is 7.16. The summed E-state index contributed by atoms with van der Waals surface area (Å²) in [4.78, 5) is 0. The molecule has 1 unspecified atom stereocenters. The summed E-state index contributed by atoms with van der Waals surface area (Å²) in [6, 6.07) is 0. The zero-order valence-electron chi connectivity index (χ0n) is 6.82. The Morgan fingerprint density at radius 2 is 2.17 bits per heavy atom. The van der Waals surface area contributed by atoms with Gasteiger partial charge >= 0.3 is 0 Å². The molecular formula is C9H10N2O. The van der Waals surface area contributed by atoms with Crippen LogP contribution in [0, 0.1) is 5.92 Å². The zero-order valence-corrected chi connectivity index (χ0v) is 6.82. The van der Waals surface area contributed by atoms with Gasteiger partial charge in [0.15, 0.2) is 11.6 Å². The van der Waals surface area contributed by atoms with Crippen molar-refractivity contribution < 1.29 is 4.52 Å². The number of allylic oxidation sites excluding steroid dienone is 2. The highest BCUT2D eigenvalue weighted by Crippen LogP contribution is 2.23. The van der Waals surface area contributed by atoms with Gasteiger partial charge in [-0.25, -0.2) is 0 Å². The summed E-state index contributed by atoms with van der Waals surface area (Å²) < 4.78 is 5.00. The summed E-state index contributed by atoms with van der Waals surface area (Å²) in [5.41, 5.74) is 6.47. The molecule has 1 heterocycles. The minimum absolute atomic E-state index is 0.423. The van der Waals surface area contributed by atoms with Crippen LogP contribution in [-0.4, -0.2) is 5.16 Å². The van der Waals surface area contributed by atoms with Crippen LogP contribution in [0.2, 0.25) is 0 Å². The summed E-state index contributed by atoms with van der Waals surface area (Å²) in [5, 5.41) is 3.67. The molecule has 0 saturated heterocycles. The number of anilines is 1. The number of hydrogen-bond acceptors (Lipinski definition) is 3. The molecule has 1 aliphatic carbocycles. The van der Waals surface area contributed by atoms with E-state index in [-0.39, 0.29) is 0 Å². The number of nitrogen functional groups attached to an aromatic ring is 1. The van der Waals surface area contributed by atoms with Crippen LogP contribution < -0.4 is 5.73 Å². The topological polar surface area (TPSA) is 52.0 Å². The maximum atomic E-state index is 5.59. The summed E-state index contributed by atoms with van der Waals surface area (Å²) in [6.45, 7) is 2.10. The minimum Gasteiger partial charge on any atom is -0.380 e. The smallest absolute Gasteiger partial charge is 0.174 e. The third-order valence-electron chi connectivity index (χ3n) is 1.90. The second kappa shape index (κ2) is 2.52. The molecule has 0 aromatic carbocycles.